The highest BCUT2D eigenvalue weighted by atomic mass is 32.1. The van der Waals surface area contributed by atoms with E-state index >= 15 is 0 Å². The van der Waals surface area contributed by atoms with Gasteiger partial charge in [0.25, 0.3) is 5.89 Å². The summed E-state index contributed by atoms with van der Waals surface area (Å²) in [6.45, 7) is 4.65. The molecule has 0 spiro atoms. The largest absolute Gasteiger partial charge is 0.333 e. The van der Waals surface area contributed by atoms with E-state index in [9.17, 15) is 0 Å². The van der Waals surface area contributed by atoms with Crippen LogP contribution in [0.1, 0.15) is 29.6 Å². The second-order valence-electron chi connectivity index (χ2n) is 5.10. The molecule has 0 saturated carbocycles. The van der Waals surface area contributed by atoms with E-state index in [0.29, 0.717) is 18.3 Å². The topological polar surface area (TPSA) is 77.8 Å². The highest BCUT2D eigenvalue weighted by Crippen LogP contribution is 2.30. The maximum atomic E-state index is 5.61. The second kappa shape index (κ2) is 6.37. The fraction of sp³-hybridized carbons (Fsp3) is 0.312. The van der Waals surface area contributed by atoms with Gasteiger partial charge < -0.3 is 10.3 Å². The molecule has 114 valence electrons. The summed E-state index contributed by atoms with van der Waals surface area (Å²) in [6, 6.07) is 7.86. The molecule has 0 aliphatic carbocycles. The summed E-state index contributed by atoms with van der Waals surface area (Å²) < 4.78 is 5.42. The van der Waals surface area contributed by atoms with Gasteiger partial charge in [-0.15, -0.1) is 11.3 Å². The van der Waals surface area contributed by atoms with Crippen molar-refractivity contribution in [2.75, 3.05) is 0 Å². The maximum Gasteiger partial charge on any atom is 0.270 e. The Morgan fingerprint density at radius 1 is 1.18 bits per heavy atom. The van der Waals surface area contributed by atoms with Crippen LogP contribution in [0.25, 0.3) is 22.2 Å². The van der Waals surface area contributed by atoms with Crippen LogP contribution in [0.15, 0.2) is 28.8 Å². The molecular weight excluding hydrogens is 296 g/mol. The van der Waals surface area contributed by atoms with Gasteiger partial charge in [-0.05, 0) is 25.3 Å². The van der Waals surface area contributed by atoms with Gasteiger partial charge in [0.15, 0.2) is 0 Å². The maximum absolute atomic E-state index is 5.61. The van der Waals surface area contributed by atoms with Crippen molar-refractivity contribution in [2.45, 2.75) is 33.2 Å². The average molecular weight is 314 g/mol. The van der Waals surface area contributed by atoms with Crippen LogP contribution < -0.4 is 5.73 Å². The van der Waals surface area contributed by atoms with E-state index in [4.69, 9.17) is 10.3 Å². The van der Waals surface area contributed by atoms with Crippen molar-refractivity contribution in [2.24, 2.45) is 5.73 Å². The minimum Gasteiger partial charge on any atom is -0.333 e. The van der Waals surface area contributed by atoms with E-state index in [1.165, 1.54) is 0 Å². The van der Waals surface area contributed by atoms with Crippen LogP contribution in [-0.4, -0.2) is 15.1 Å². The highest BCUT2D eigenvalue weighted by Gasteiger charge is 2.16. The molecule has 0 bridgehead atoms. The molecule has 0 atom stereocenters. The first-order valence-electron chi connectivity index (χ1n) is 7.31. The molecular formula is C16H18N4OS. The van der Waals surface area contributed by atoms with Crippen LogP contribution in [0.5, 0.6) is 0 Å². The van der Waals surface area contributed by atoms with Crippen LogP contribution in [0.4, 0.5) is 0 Å². The Labute approximate surface area is 133 Å². The molecule has 2 N–H and O–H groups in total. The quantitative estimate of drug-likeness (QED) is 0.778. The Kier molecular flexibility index (Phi) is 4.31. The van der Waals surface area contributed by atoms with Crippen LogP contribution >= 0.6 is 11.3 Å². The summed E-state index contributed by atoms with van der Waals surface area (Å²) in [5, 5.41) is 5.19. The van der Waals surface area contributed by atoms with Crippen molar-refractivity contribution < 1.29 is 4.52 Å². The van der Waals surface area contributed by atoms with Crippen LogP contribution in [-0.2, 0) is 13.0 Å². The second-order valence-corrected chi connectivity index (χ2v) is 6.18. The van der Waals surface area contributed by atoms with E-state index in [-0.39, 0.29) is 0 Å². The molecule has 2 heterocycles. The number of benzene rings is 1. The molecule has 0 aliphatic rings. The molecule has 22 heavy (non-hydrogen) atoms. The molecule has 3 rings (SSSR count). The van der Waals surface area contributed by atoms with Gasteiger partial charge in [0.1, 0.15) is 4.88 Å². The van der Waals surface area contributed by atoms with Crippen molar-refractivity contribution >= 4 is 11.3 Å². The number of rotatable bonds is 5. The lowest BCUT2D eigenvalue weighted by Gasteiger charge is -1.97. The molecule has 2 aromatic heterocycles. The first-order valence-corrected chi connectivity index (χ1v) is 8.12. The molecule has 0 fully saturated rings. The molecule has 0 radical (unpaired) electrons. The van der Waals surface area contributed by atoms with Gasteiger partial charge in [0.05, 0.1) is 10.7 Å². The van der Waals surface area contributed by atoms with Crippen molar-refractivity contribution in [3.63, 3.8) is 0 Å². The van der Waals surface area contributed by atoms with Crippen molar-refractivity contribution in [3.05, 3.63) is 40.5 Å². The first kappa shape index (κ1) is 14.9. The molecule has 0 amide bonds. The third-order valence-electron chi connectivity index (χ3n) is 3.37. The molecule has 0 unspecified atom stereocenters. The van der Waals surface area contributed by atoms with E-state index in [0.717, 1.165) is 39.5 Å². The number of nitrogens with two attached hydrogens (primary N) is 1. The number of aryl methyl sites for hydroxylation is 2. The van der Waals surface area contributed by atoms with Crippen LogP contribution in [0.3, 0.4) is 0 Å². The summed E-state index contributed by atoms with van der Waals surface area (Å²) in [4.78, 5) is 10.0. The molecule has 0 aliphatic heterocycles. The Morgan fingerprint density at radius 3 is 2.64 bits per heavy atom. The Bertz CT molecular complexity index is 761. The zero-order chi connectivity index (χ0) is 15.5. The number of nitrogens with zero attached hydrogens (tertiary/aromatic N) is 3. The monoisotopic (exact) mass is 314 g/mol. The minimum atomic E-state index is 0.526. The molecule has 6 heteroatoms. The van der Waals surface area contributed by atoms with Gasteiger partial charge in [-0.25, -0.2) is 4.98 Å². The zero-order valence-electron chi connectivity index (χ0n) is 12.7. The van der Waals surface area contributed by atoms with Crippen molar-refractivity contribution in [3.8, 4) is 22.2 Å². The fourth-order valence-corrected chi connectivity index (χ4v) is 3.28. The van der Waals surface area contributed by atoms with E-state index in [1.54, 1.807) is 11.3 Å². The fourth-order valence-electron chi connectivity index (χ4n) is 2.19. The van der Waals surface area contributed by atoms with Gasteiger partial charge in [-0.2, -0.15) is 4.98 Å². The first-order chi connectivity index (χ1) is 10.7. The SMILES string of the molecule is CCCc1nc(C)c(-c2nc(-c3ccc(CN)cc3)no2)s1. The number of aromatic nitrogens is 3. The summed E-state index contributed by atoms with van der Waals surface area (Å²) in [5.74, 6) is 1.12. The average Bonchev–Trinajstić information content (AvgIpc) is 3.14. The van der Waals surface area contributed by atoms with E-state index in [1.807, 2.05) is 31.2 Å². The molecule has 5 nitrogen and oxygen atoms in total. The minimum absolute atomic E-state index is 0.526. The molecule has 3 aromatic rings. The third kappa shape index (κ3) is 2.93. The summed E-state index contributed by atoms with van der Waals surface area (Å²) in [5.41, 5.74) is 8.55. The van der Waals surface area contributed by atoms with Gasteiger partial charge >= 0.3 is 0 Å². The summed E-state index contributed by atoms with van der Waals surface area (Å²) in [6.07, 6.45) is 2.06. The van der Waals surface area contributed by atoms with Crippen LogP contribution in [0.2, 0.25) is 0 Å². The lowest BCUT2D eigenvalue weighted by atomic mass is 10.1. The van der Waals surface area contributed by atoms with Gasteiger partial charge in [0.2, 0.25) is 5.82 Å². The zero-order valence-corrected chi connectivity index (χ0v) is 13.5. The van der Waals surface area contributed by atoms with Gasteiger partial charge in [-0.1, -0.05) is 36.3 Å². The summed E-state index contributed by atoms with van der Waals surface area (Å²) >= 11 is 1.63. The number of hydrogen-bond donors (Lipinski definition) is 1. The lowest BCUT2D eigenvalue weighted by molar-refractivity contribution is 0.433. The summed E-state index contributed by atoms with van der Waals surface area (Å²) in [7, 11) is 0. The lowest BCUT2D eigenvalue weighted by Crippen LogP contribution is -1.95. The predicted molar refractivity (Wildman–Crippen MR) is 87.5 cm³/mol. The Balaban J connectivity index is 1.89. The number of thiazole rings is 1. The Hall–Kier alpha value is -2.05. The molecule has 0 saturated heterocycles. The van der Waals surface area contributed by atoms with E-state index < -0.39 is 0 Å². The standard InChI is InChI=1S/C16H18N4OS/c1-3-4-13-18-10(2)14(22-13)16-19-15(20-21-16)12-7-5-11(9-17)6-8-12/h5-8H,3-4,9,17H2,1-2H3. The Morgan fingerprint density at radius 2 is 1.95 bits per heavy atom. The van der Waals surface area contributed by atoms with Gasteiger partial charge in [0, 0.05) is 12.1 Å². The van der Waals surface area contributed by atoms with Crippen LogP contribution in [0, 0.1) is 6.92 Å². The van der Waals surface area contributed by atoms with Crippen molar-refractivity contribution in [1.82, 2.24) is 15.1 Å². The van der Waals surface area contributed by atoms with Crippen molar-refractivity contribution in [1.29, 1.82) is 0 Å². The highest BCUT2D eigenvalue weighted by molar-refractivity contribution is 7.15. The third-order valence-corrected chi connectivity index (χ3v) is 4.58. The van der Waals surface area contributed by atoms with E-state index in [2.05, 4.69) is 22.0 Å². The smallest absolute Gasteiger partial charge is 0.270 e. The number of hydrogen-bond acceptors (Lipinski definition) is 6. The van der Waals surface area contributed by atoms with Gasteiger partial charge in [-0.3, -0.25) is 0 Å². The normalized spacial score (nSPS) is 11.0. The predicted octanol–water partition coefficient (Wildman–Crippen LogP) is 3.58. The molecule has 1 aromatic carbocycles.